The Kier molecular flexibility index (Phi) is 4.18. The van der Waals surface area contributed by atoms with E-state index in [-0.39, 0.29) is 35.8 Å². The maximum absolute atomic E-state index is 15.2. The van der Waals surface area contributed by atoms with Crippen molar-refractivity contribution in [2.45, 2.75) is 64.4 Å². The molecule has 0 aromatic heterocycles. The third-order valence-electron chi connectivity index (χ3n) is 5.72. The lowest BCUT2D eigenvalue weighted by Gasteiger charge is -2.35. The fourth-order valence-corrected chi connectivity index (χ4v) is 4.22. The van der Waals surface area contributed by atoms with Gasteiger partial charge in [0.25, 0.3) is 5.91 Å². The normalized spacial score (nSPS) is 33.7. The molecule has 3 atom stereocenters. The molecule has 0 radical (unpaired) electrons. The number of hydrogen-bond donors (Lipinski definition) is 1. The second-order valence-electron chi connectivity index (χ2n) is 8.63. The SMILES string of the molecule is [2H]C([2H])(Oc1cccc2c1C([2H])([2H])N(C1C(=O)NC(=O)C([2H])([2H])C1([2H])[2H])C2=O)c1cc(C([2H])([2H])N2CC(C)OC(C)C2)ccc1F. The number of hydrogen-bond acceptors (Lipinski definition) is 6. The summed E-state index contributed by atoms with van der Waals surface area (Å²) < 4.78 is 111. The zero-order valence-corrected chi connectivity index (χ0v) is 19.4. The number of fused-ring (bicyclic) bond motifs is 1. The average Bonchev–Trinajstić information content (AvgIpc) is 3.13. The van der Waals surface area contributed by atoms with E-state index in [4.69, 9.17) is 23.2 Å². The van der Waals surface area contributed by atoms with Crippen LogP contribution in [-0.4, -0.2) is 58.9 Å². The van der Waals surface area contributed by atoms with Crippen LogP contribution < -0.4 is 10.1 Å². The molecule has 0 saturated carbocycles. The summed E-state index contributed by atoms with van der Waals surface area (Å²) in [7, 11) is 0. The molecule has 2 aromatic carbocycles. The highest BCUT2D eigenvalue weighted by atomic mass is 19.1. The number of ether oxygens (including phenoxy) is 2. The van der Waals surface area contributed by atoms with Gasteiger partial charge < -0.3 is 14.4 Å². The molecule has 5 rings (SSSR count). The largest absolute Gasteiger partial charge is 0.488 e. The van der Waals surface area contributed by atoms with Gasteiger partial charge >= 0.3 is 0 Å². The molecule has 0 bridgehead atoms. The lowest BCUT2D eigenvalue weighted by Crippen LogP contribution is -2.52. The van der Waals surface area contributed by atoms with Crippen molar-refractivity contribution in [3.05, 3.63) is 64.5 Å². The first-order valence-corrected chi connectivity index (χ1v) is 11.3. The molecule has 8 nitrogen and oxygen atoms in total. The van der Waals surface area contributed by atoms with E-state index in [1.807, 2.05) is 0 Å². The van der Waals surface area contributed by atoms with Crippen molar-refractivity contribution < 1.29 is 42.0 Å². The van der Waals surface area contributed by atoms with Crippen LogP contribution in [0.4, 0.5) is 4.39 Å². The number of halogens is 1. The Bertz CT molecular complexity index is 1610. The van der Waals surface area contributed by atoms with E-state index in [9.17, 15) is 14.4 Å². The molecule has 36 heavy (non-hydrogen) atoms. The van der Waals surface area contributed by atoms with Crippen LogP contribution in [0.25, 0.3) is 0 Å². The fraction of sp³-hybridized carbons (Fsp3) is 0.444. The van der Waals surface area contributed by atoms with Crippen LogP contribution in [0.15, 0.2) is 36.4 Å². The Morgan fingerprint density at radius 3 is 2.75 bits per heavy atom. The van der Waals surface area contributed by atoms with Crippen LogP contribution in [-0.2, 0) is 33.9 Å². The topological polar surface area (TPSA) is 88.2 Å². The Hall–Kier alpha value is -3.30. The summed E-state index contributed by atoms with van der Waals surface area (Å²) in [6.45, 7) is -4.44. The maximum atomic E-state index is 15.2. The van der Waals surface area contributed by atoms with E-state index < -0.39 is 84.3 Å². The van der Waals surface area contributed by atoms with Gasteiger partial charge in [0.2, 0.25) is 11.8 Å². The molecule has 0 spiro atoms. The van der Waals surface area contributed by atoms with E-state index in [0.717, 1.165) is 24.3 Å². The van der Waals surface area contributed by atoms with Gasteiger partial charge in [-0.1, -0.05) is 12.1 Å². The Balaban J connectivity index is 1.52. The van der Waals surface area contributed by atoms with Gasteiger partial charge in [-0.25, -0.2) is 4.39 Å². The second kappa shape index (κ2) is 9.99. The van der Waals surface area contributed by atoms with Crippen LogP contribution in [0.1, 0.15) is 67.3 Å². The van der Waals surface area contributed by atoms with Crippen molar-refractivity contribution in [2.24, 2.45) is 0 Å². The number of carbonyl (C=O) groups excluding carboxylic acids is 3. The zero-order chi connectivity index (χ0) is 34.4. The van der Waals surface area contributed by atoms with E-state index in [2.05, 4.69) is 0 Å². The summed E-state index contributed by atoms with van der Waals surface area (Å²) in [4.78, 5) is 40.0. The van der Waals surface area contributed by atoms with E-state index in [1.165, 1.54) is 17.0 Å². The van der Waals surface area contributed by atoms with E-state index in [0.29, 0.717) is 0 Å². The first-order valence-electron chi connectivity index (χ1n) is 16.3. The van der Waals surface area contributed by atoms with Crippen LogP contribution in [0.3, 0.4) is 0 Å². The minimum atomic E-state index is -3.40. The summed E-state index contributed by atoms with van der Waals surface area (Å²) >= 11 is 0. The monoisotopic (exact) mass is 505 g/mol. The number of rotatable bonds is 6. The van der Waals surface area contributed by atoms with Crippen LogP contribution in [0.2, 0.25) is 0 Å². The zero-order valence-electron chi connectivity index (χ0n) is 29.4. The molecule has 2 saturated heterocycles. The average molecular weight is 506 g/mol. The number of amides is 3. The van der Waals surface area contributed by atoms with Crippen molar-refractivity contribution in [2.75, 3.05) is 13.1 Å². The van der Waals surface area contributed by atoms with Crippen LogP contribution >= 0.6 is 0 Å². The Morgan fingerprint density at radius 1 is 1.19 bits per heavy atom. The molecule has 2 fully saturated rings. The Morgan fingerprint density at radius 2 is 1.97 bits per heavy atom. The molecule has 3 aliphatic heterocycles. The number of nitrogens with one attached hydrogen (secondary N) is 1. The van der Waals surface area contributed by atoms with Gasteiger partial charge in [0, 0.05) is 50.9 Å². The molecular weight excluding hydrogens is 465 g/mol. The number of nitrogens with zero attached hydrogens (tertiary/aromatic N) is 2. The summed E-state index contributed by atoms with van der Waals surface area (Å²) in [5, 5.41) is 1.64. The lowest BCUT2D eigenvalue weighted by molar-refractivity contribution is -0.136. The standard InChI is InChI=1S/C27H30FN3O5/c1-16-11-30(12-17(2)36-16)13-18-6-7-22(28)19(10-18)15-35-24-5-3-4-20-21(24)14-31(27(20)34)23-8-9-25(32)29-26(23)33/h3-7,10,16-17,23H,8-9,11-15H2,1-2H3,(H,29,32,33)/i8D2,9D2,13D2,14D2,15D2. The van der Waals surface area contributed by atoms with Crippen molar-refractivity contribution in [3.63, 3.8) is 0 Å². The molecule has 3 heterocycles. The summed E-state index contributed by atoms with van der Waals surface area (Å²) in [5.74, 6) is -6.07. The minimum Gasteiger partial charge on any atom is -0.488 e. The molecular formula is C27H30FN3O5. The van der Waals surface area contributed by atoms with Crippen LogP contribution in [0, 0.1) is 5.82 Å². The maximum Gasteiger partial charge on any atom is 0.255 e. The van der Waals surface area contributed by atoms with Crippen molar-refractivity contribution in [3.8, 4) is 5.75 Å². The fourth-order valence-electron chi connectivity index (χ4n) is 4.22. The number of piperidine rings is 1. The molecule has 2 aromatic rings. The predicted octanol–water partition coefficient (Wildman–Crippen LogP) is 2.77. The van der Waals surface area contributed by atoms with Crippen molar-refractivity contribution in [1.29, 1.82) is 0 Å². The number of benzene rings is 2. The quantitative estimate of drug-likeness (QED) is 0.608. The molecule has 3 unspecified atom stereocenters. The first kappa shape index (κ1) is 15.1. The van der Waals surface area contributed by atoms with Crippen molar-refractivity contribution >= 4 is 17.7 Å². The molecule has 1 N–H and O–H groups in total. The van der Waals surface area contributed by atoms with Gasteiger partial charge in [-0.05, 0) is 50.0 Å². The predicted molar refractivity (Wildman–Crippen MR) is 129 cm³/mol. The first-order chi connectivity index (χ1) is 21.0. The second-order valence-corrected chi connectivity index (χ2v) is 8.63. The van der Waals surface area contributed by atoms with Gasteiger partial charge in [-0.3, -0.25) is 24.6 Å². The molecule has 3 amide bonds. The third kappa shape index (κ3) is 4.99. The van der Waals surface area contributed by atoms with E-state index in [1.54, 1.807) is 19.2 Å². The smallest absolute Gasteiger partial charge is 0.255 e. The van der Waals surface area contributed by atoms with Gasteiger partial charge in [0.1, 0.15) is 24.2 Å². The third-order valence-corrected chi connectivity index (χ3v) is 5.72. The van der Waals surface area contributed by atoms with Gasteiger partial charge in [0.05, 0.1) is 24.2 Å². The number of imide groups is 1. The highest BCUT2D eigenvalue weighted by Gasteiger charge is 2.40. The minimum absolute atomic E-state index is 0.0954. The number of morpholine rings is 1. The molecule has 190 valence electrons. The van der Waals surface area contributed by atoms with E-state index >= 15 is 4.39 Å². The highest BCUT2D eigenvalue weighted by Crippen LogP contribution is 2.34. The summed E-state index contributed by atoms with van der Waals surface area (Å²) in [6, 6.07) is 3.89. The van der Waals surface area contributed by atoms with Gasteiger partial charge in [0.15, 0.2) is 0 Å². The Labute approximate surface area is 223 Å². The van der Waals surface area contributed by atoms with Crippen molar-refractivity contribution in [1.82, 2.24) is 15.1 Å². The van der Waals surface area contributed by atoms with Crippen LogP contribution in [0.5, 0.6) is 5.75 Å². The highest BCUT2D eigenvalue weighted by molar-refractivity contribution is 6.05. The molecule has 3 aliphatic rings. The van der Waals surface area contributed by atoms with Gasteiger partial charge in [-0.2, -0.15) is 0 Å². The summed E-state index contributed by atoms with van der Waals surface area (Å²) in [6.07, 6.45) is -7.36. The summed E-state index contributed by atoms with van der Waals surface area (Å²) in [5.41, 5.74) is -1.95. The van der Waals surface area contributed by atoms with Gasteiger partial charge in [-0.15, -0.1) is 0 Å². The molecule has 0 aliphatic carbocycles. The lowest BCUT2D eigenvalue weighted by atomic mass is 10.0. The molecule has 9 heteroatoms. The number of carbonyl (C=O) groups is 3.